The lowest BCUT2D eigenvalue weighted by atomic mass is 9.73. The van der Waals surface area contributed by atoms with Crippen molar-refractivity contribution in [3.05, 3.63) is 47.0 Å². The van der Waals surface area contributed by atoms with Crippen molar-refractivity contribution in [2.45, 2.75) is 32.2 Å². The van der Waals surface area contributed by atoms with E-state index in [-0.39, 0.29) is 6.04 Å². The molecule has 2 unspecified atom stereocenters. The van der Waals surface area contributed by atoms with Crippen LogP contribution in [0.1, 0.15) is 30.9 Å². The first kappa shape index (κ1) is 10.4. The first-order valence-electron chi connectivity index (χ1n) is 5.41. The molecule has 1 aliphatic rings. The van der Waals surface area contributed by atoms with Crippen molar-refractivity contribution < 1.29 is 0 Å². The largest absolute Gasteiger partial charge is 0.271 e. The minimum atomic E-state index is 0.268. The van der Waals surface area contributed by atoms with E-state index in [1.807, 2.05) is 0 Å². The van der Waals surface area contributed by atoms with Crippen molar-refractivity contribution in [2.75, 3.05) is 0 Å². The van der Waals surface area contributed by atoms with Gasteiger partial charge in [0.1, 0.15) is 0 Å². The number of hydrogen-bond acceptors (Lipinski definition) is 2. The summed E-state index contributed by atoms with van der Waals surface area (Å²) in [6.45, 7) is 4.21. The van der Waals surface area contributed by atoms with Gasteiger partial charge in [0.25, 0.3) is 0 Å². The van der Waals surface area contributed by atoms with Crippen molar-refractivity contribution in [1.82, 2.24) is 5.43 Å². The summed E-state index contributed by atoms with van der Waals surface area (Å²) in [4.78, 5) is 0. The van der Waals surface area contributed by atoms with Gasteiger partial charge in [-0.25, -0.2) is 0 Å². The topological polar surface area (TPSA) is 38.0 Å². The molecule has 0 saturated heterocycles. The van der Waals surface area contributed by atoms with Crippen LogP contribution in [0.3, 0.4) is 0 Å². The van der Waals surface area contributed by atoms with Gasteiger partial charge in [-0.2, -0.15) is 0 Å². The first-order valence-corrected chi connectivity index (χ1v) is 5.41. The highest BCUT2D eigenvalue weighted by molar-refractivity contribution is 5.42. The lowest BCUT2D eigenvalue weighted by Gasteiger charge is -2.35. The van der Waals surface area contributed by atoms with E-state index in [1.165, 1.54) is 16.7 Å². The van der Waals surface area contributed by atoms with Gasteiger partial charge >= 0.3 is 0 Å². The van der Waals surface area contributed by atoms with Crippen molar-refractivity contribution in [3.63, 3.8) is 0 Å². The molecule has 1 aromatic carbocycles. The van der Waals surface area contributed by atoms with E-state index >= 15 is 0 Å². The molecule has 0 bridgehead atoms. The van der Waals surface area contributed by atoms with Gasteiger partial charge in [0.15, 0.2) is 0 Å². The van der Waals surface area contributed by atoms with Crippen molar-refractivity contribution >= 4 is 0 Å². The van der Waals surface area contributed by atoms with Gasteiger partial charge in [0, 0.05) is 12.0 Å². The Bertz CT molecular complexity index is 378. The Kier molecular flexibility index (Phi) is 2.89. The molecular formula is C13H18N2. The lowest BCUT2D eigenvalue weighted by molar-refractivity contribution is 0.466. The van der Waals surface area contributed by atoms with E-state index in [9.17, 15) is 0 Å². The molecule has 0 radical (unpaired) electrons. The molecule has 0 heterocycles. The first-order chi connectivity index (χ1) is 7.22. The number of benzene rings is 1. The van der Waals surface area contributed by atoms with Crippen LogP contribution in [-0.4, -0.2) is 6.04 Å². The molecule has 80 valence electrons. The van der Waals surface area contributed by atoms with E-state index in [4.69, 9.17) is 5.84 Å². The van der Waals surface area contributed by atoms with Crippen LogP contribution in [0.2, 0.25) is 0 Å². The van der Waals surface area contributed by atoms with Crippen molar-refractivity contribution in [1.29, 1.82) is 0 Å². The fourth-order valence-corrected chi connectivity index (χ4v) is 2.26. The van der Waals surface area contributed by atoms with Crippen LogP contribution in [0, 0.1) is 0 Å². The van der Waals surface area contributed by atoms with Crippen LogP contribution in [0.25, 0.3) is 0 Å². The number of rotatable bonds is 3. The van der Waals surface area contributed by atoms with Gasteiger partial charge in [0.05, 0.1) is 0 Å². The Hall–Kier alpha value is -1.12. The zero-order chi connectivity index (χ0) is 10.8. The van der Waals surface area contributed by atoms with Gasteiger partial charge in [-0.3, -0.25) is 11.3 Å². The third-order valence-electron chi connectivity index (χ3n) is 3.03. The molecule has 0 spiro atoms. The van der Waals surface area contributed by atoms with Gasteiger partial charge in [0.2, 0.25) is 0 Å². The normalized spacial score (nSPS) is 20.1. The maximum Gasteiger partial charge on any atom is 0.0464 e. The third-order valence-corrected chi connectivity index (χ3v) is 3.03. The monoisotopic (exact) mass is 202 g/mol. The molecule has 0 saturated carbocycles. The summed E-state index contributed by atoms with van der Waals surface area (Å²) in [6.07, 6.45) is 3.34. The number of nitrogens with one attached hydrogen (secondary N) is 1. The van der Waals surface area contributed by atoms with E-state index in [0.717, 1.165) is 6.42 Å². The predicted octanol–water partition coefficient (Wildman–Crippen LogP) is 2.12. The summed E-state index contributed by atoms with van der Waals surface area (Å²) in [6, 6.07) is 8.86. The van der Waals surface area contributed by atoms with E-state index in [1.54, 1.807) is 0 Å². The molecule has 1 aliphatic carbocycles. The minimum Gasteiger partial charge on any atom is -0.271 e. The van der Waals surface area contributed by atoms with Gasteiger partial charge in [-0.05, 0) is 31.4 Å². The van der Waals surface area contributed by atoms with Crippen molar-refractivity contribution in [2.24, 2.45) is 5.84 Å². The van der Waals surface area contributed by atoms with Crippen LogP contribution in [0.5, 0.6) is 0 Å². The third kappa shape index (κ3) is 1.96. The molecule has 2 nitrogen and oxygen atoms in total. The highest BCUT2D eigenvalue weighted by atomic mass is 15.2. The Labute approximate surface area is 91.2 Å². The summed E-state index contributed by atoms with van der Waals surface area (Å²) in [5.41, 5.74) is 7.11. The molecule has 0 amide bonds. The second-order valence-electron chi connectivity index (χ2n) is 4.45. The second-order valence-corrected chi connectivity index (χ2v) is 4.45. The molecule has 1 aromatic rings. The molecular weight excluding hydrogens is 184 g/mol. The van der Waals surface area contributed by atoms with Crippen LogP contribution in [0.4, 0.5) is 0 Å². The van der Waals surface area contributed by atoms with Gasteiger partial charge in [-0.1, -0.05) is 35.9 Å². The number of nitrogens with two attached hydrogens (primary N) is 1. The van der Waals surface area contributed by atoms with Crippen LogP contribution in [-0.2, 0) is 6.42 Å². The molecule has 2 atom stereocenters. The highest BCUT2D eigenvalue weighted by Crippen LogP contribution is 2.37. The summed E-state index contributed by atoms with van der Waals surface area (Å²) in [5.74, 6) is 6.14. The Balaban J connectivity index is 2.18. The van der Waals surface area contributed by atoms with Crippen LogP contribution in [0.15, 0.2) is 35.9 Å². The molecule has 3 N–H and O–H groups in total. The molecule has 0 fully saturated rings. The number of fused-ring (bicyclic) bond motifs is 1. The summed E-state index contributed by atoms with van der Waals surface area (Å²) in [7, 11) is 0. The smallest absolute Gasteiger partial charge is 0.0464 e. The minimum absolute atomic E-state index is 0.268. The quantitative estimate of drug-likeness (QED) is 0.447. The van der Waals surface area contributed by atoms with Crippen molar-refractivity contribution in [3.8, 4) is 0 Å². The zero-order valence-corrected chi connectivity index (χ0v) is 9.33. The van der Waals surface area contributed by atoms with E-state index < -0.39 is 0 Å². The number of hydrazine groups is 1. The average molecular weight is 202 g/mol. The SMILES string of the molecule is CC(C)=CC(NN)C1Cc2ccccc21. The zero-order valence-electron chi connectivity index (χ0n) is 9.33. The maximum absolute atomic E-state index is 5.59. The molecule has 2 heteroatoms. The molecule has 0 aromatic heterocycles. The molecule has 15 heavy (non-hydrogen) atoms. The predicted molar refractivity (Wildman–Crippen MR) is 63.4 cm³/mol. The van der Waals surface area contributed by atoms with Crippen LogP contribution >= 0.6 is 0 Å². The van der Waals surface area contributed by atoms with Gasteiger partial charge < -0.3 is 0 Å². The summed E-state index contributed by atoms with van der Waals surface area (Å²) >= 11 is 0. The average Bonchev–Trinajstić information content (AvgIpc) is 2.17. The number of hydrogen-bond donors (Lipinski definition) is 2. The highest BCUT2D eigenvalue weighted by Gasteiger charge is 2.30. The summed E-state index contributed by atoms with van der Waals surface area (Å²) < 4.78 is 0. The second kappa shape index (κ2) is 4.17. The number of allylic oxidation sites excluding steroid dienone is 1. The van der Waals surface area contributed by atoms with Gasteiger partial charge in [-0.15, -0.1) is 0 Å². The Morgan fingerprint density at radius 2 is 2.20 bits per heavy atom. The fraction of sp³-hybridized carbons (Fsp3) is 0.385. The molecule has 2 rings (SSSR count). The maximum atomic E-state index is 5.59. The fourth-order valence-electron chi connectivity index (χ4n) is 2.26. The van der Waals surface area contributed by atoms with Crippen LogP contribution < -0.4 is 11.3 Å². The van der Waals surface area contributed by atoms with E-state index in [0.29, 0.717) is 5.92 Å². The summed E-state index contributed by atoms with van der Waals surface area (Å²) in [5, 5.41) is 0. The Morgan fingerprint density at radius 3 is 2.80 bits per heavy atom. The lowest BCUT2D eigenvalue weighted by Crippen LogP contribution is -2.42. The standard InChI is InChI=1S/C13H18N2/c1-9(2)7-13(15-14)12-8-10-5-3-4-6-11(10)12/h3-7,12-13,15H,8,14H2,1-2H3. The Morgan fingerprint density at radius 1 is 1.47 bits per heavy atom. The molecule has 0 aliphatic heterocycles. The van der Waals surface area contributed by atoms with E-state index in [2.05, 4.69) is 49.6 Å².